The molecule has 0 fully saturated rings. The Morgan fingerprint density at radius 3 is 2.55 bits per heavy atom. The summed E-state index contributed by atoms with van der Waals surface area (Å²) in [4.78, 5) is 11.8. The van der Waals surface area contributed by atoms with Crippen LogP contribution in [0.25, 0.3) is 0 Å². The average Bonchev–Trinajstić information content (AvgIpc) is 2.58. The van der Waals surface area contributed by atoms with Gasteiger partial charge in [-0.1, -0.05) is 30.3 Å². The third-order valence-corrected chi connectivity index (χ3v) is 3.03. The number of ether oxygens (including phenoxy) is 2. The van der Waals surface area contributed by atoms with Gasteiger partial charge in [0.1, 0.15) is 17.6 Å². The van der Waals surface area contributed by atoms with Gasteiger partial charge in [-0.2, -0.15) is 5.26 Å². The van der Waals surface area contributed by atoms with Gasteiger partial charge >= 0.3 is 0 Å². The number of nitrogens with one attached hydrogen (secondary N) is 1. The van der Waals surface area contributed by atoms with Crippen molar-refractivity contribution < 1.29 is 14.3 Å². The fourth-order valence-corrected chi connectivity index (χ4v) is 1.92. The molecule has 0 bridgehead atoms. The molecule has 0 atom stereocenters. The zero-order valence-electron chi connectivity index (χ0n) is 12.2. The van der Waals surface area contributed by atoms with Crippen LogP contribution in [0.2, 0.25) is 0 Å². The predicted molar refractivity (Wildman–Crippen MR) is 81.5 cm³/mol. The Morgan fingerprint density at radius 1 is 1.14 bits per heavy atom. The van der Waals surface area contributed by atoms with Crippen molar-refractivity contribution >= 4 is 5.91 Å². The molecule has 0 saturated carbocycles. The van der Waals surface area contributed by atoms with Crippen LogP contribution in [-0.4, -0.2) is 19.6 Å². The second kappa shape index (κ2) is 7.70. The second-order valence-electron chi connectivity index (χ2n) is 4.49. The standard InChI is InChI=1S/C17H16N2O3/c1-21-15-8-4-3-7-14(15)11-19-17(20)12-22-16-9-5-2-6-13(16)10-18/h2-9H,11-12H2,1H3,(H,19,20). The number of methoxy groups -OCH3 is 1. The number of hydrogen-bond acceptors (Lipinski definition) is 4. The van der Waals surface area contributed by atoms with Crippen molar-refractivity contribution in [3.8, 4) is 17.6 Å². The highest BCUT2D eigenvalue weighted by Crippen LogP contribution is 2.17. The van der Waals surface area contributed by atoms with Crippen molar-refractivity contribution in [2.24, 2.45) is 0 Å². The van der Waals surface area contributed by atoms with E-state index in [-0.39, 0.29) is 12.5 Å². The van der Waals surface area contributed by atoms with E-state index >= 15 is 0 Å². The lowest BCUT2D eigenvalue weighted by molar-refractivity contribution is -0.123. The molecule has 0 aromatic heterocycles. The zero-order chi connectivity index (χ0) is 15.8. The van der Waals surface area contributed by atoms with Crippen LogP contribution in [0, 0.1) is 11.3 Å². The van der Waals surface area contributed by atoms with Crippen molar-refractivity contribution in [1.29, 1.82) is 5.26 Å². The molecule has 0 aliphatic heterocycles. The summed E-state index contributed by atoms with van der Waals surface area (Å²) >= 11 is 0. The molecule has 2 aromatic carbocycles. The zero-order valence-corrected chi connectivity index (χ0v) is 12.2. The molecular formula is C17H16N2O3. The molecule has 0 aliphatic carbocycles. The van der Waals surface area contributed by atoms with E-state index in [1.54, 1.807) is 31.4 Å². The fourth-order valence-electron chi connectivity index (χ4n) is 1.92. The van der Waals surface area contributed by atoms with Gasteiger partial charge in [0.15, 0.2) is 6.61 Å². The minimum Gasteiger partial charge on any atom is -0.496 e. The van der Waals surface area contributed by atoms with E-state index in [2.05, 4.69) is 5.32 Å². The maximum absolute atomic E-state index is 11.8. The first-order valence-electron chi connectivity index (χ1n) is 6.75. The summed E-state index contributed by atoms with van der Waals surface area (Å²) in [6.45, 7) is 0.208. The first-order valence-corrected chi connectivity index (χ1v) is 6.75. The van der Waals surface area contributed by atoms with Crippen molar-refractivity contribution in [3.05, 3.63) is 59.7 Å². The third-order valence-electron chi connectivity index (χ3n) is 3.03. The highest BCUT2D eigenvalue weighted by atomic mass is 16.5. The van der Waals surface area contributed by atoms with Gasteiger partial charge in [0.25, 0.3) is 5.91 Å². The quantitative estimate of drug-likeness (QED) is 0.887. The average molecular weight is 296 g/mol. The van der Waals surface area contributed by atoms with Crippen LogP contribution in [-0.2, 0) is 11.3 Å². The fraction of sp³-hybridized carbons (Fsp3) is 0.176. The lowest BCUT2D eigenvalue weighted by Crippen LogP contribution is -2.28. The van der Waals surface area contributed by atoms with E-state index in [4.69, 9.17) is 14.7 Å². The molecular weight excluding hydrogens is 280 g/mol. The van der Waals surface area contributed by atoms with E-state index in [9.17, 15) is 4.79 Å². The van der Waals surface area contributed by atoms with Crippen LogP contribution in [0.1, 0.15) is 11.1 Å². The smallest absolute Gasteiger partial charge is 0.258 e. The van der Waals surface area contributed by atoms with Crippen LogP contribution in [0.15, 0.2) is 48.5 Å². The molecule has 112 valence electrons. The highest BCUT2D eigenvalue weighted by Gasteiger charge is 2.07. The molecule has 22 heavy (non-hydrogen) atoms. The summed E-state index contributed by atoms with van der Waals surface area (Å²) in [5.74, 6) is 0.856. The minimum atomic E-state index is -0.265. The van der Waals surface area contributed by atoms with E-state index in [1.807, 2.05) is 30.3 Å². The number of nitrogens with zero attached hydrogens (tertiary/aromatic N) is 1. The minimum absolute atomic E-state index is 0.145. The second-order valence-corrected chi connectivity index (χ2v) is 4.49. The van der Waals surface area contributed by atoms with Gasteiger partial charge in [0.05, 0.1) is 12.7 Å². The summed E-state index contributed by atoms with van der Waals surface area (Å²) in [5.41, 5.74) is 1.29. The summed E-state index contributed by atoms with van der Waals surface area (Å²) in [5, 5.41) is 11.7. The highest BCUT2D eigenvalue weighted by molar-refractivity contribution is 5.77. The van der Waals surface area contributed by atoms with Crippen LogP contribution in [0.5, 0.6) is 11.5 Å². The molecule has 0 unspecified atom stereocenters. The molecule has 1 N–H and O–H groups in total. The van der Waals surface area contributed by atoms with Crippen molar-refractivity contribution in [3.63, 3.8) is 0 Å². The largest absolute Gasteiger partial charge is 0.496 e. The van der Waals surface area contributed by atoms with Crippen molar-refractivity contribution in [2.75, 3.05) is 13.7 Å². The lowest BCUT2D eigenvalue weighted by atomic mass is 10.2. The number of carbonyl (C=O) groups excluding carboxylic acids is 1. The molecule has 0 saturated heterocycles. The topological polar surface area (TPSA) is 71.3 Å². The van der Waals surface area contributed by atoms with Gasteiger partial charge in [0.2, 0.25) is 0 Å². The van der Waals surface area contributed by atoms with Crippen molar-refractivity contribution in [1.82, 2.24) is 5.32 Å². The molecule has 0 spiro atoms. The van der Waals surface area contributed by atoms with Crippen LogP contribution >= 0.6 is 0 Å². The van der Waals surface area contributed by atoms with Crippen LogP contribution in [0.4, 0.5) is 0 Å². The number of para-hydroxylation sites is 2. The molecule has 1 amide bonds. The number of hydrogen-bond donors (Lipinski definition) is 1. The number of carbonyl (C=O) groups is 1. The summed E-state index contributed by atoms with van der Waals surface area (Å²) in [6, 6.07) is 16.3. The summed E-state index contributed by atoms with van der Waals surface area (Å²) < 4.78 is 10.6. The molecule has 0 aliphatic rings. The van der Waals surface area contributed by atoms with Crippen molar-refractivity contribution in [2.45, 2.75) is 6.54 Å². The maximum atomic E-state index is 11.8. The molecule has 5 nitrogen and oxygen atoms in total. The van der Waals surface area contributed by atoms with E-state index in [0.29, 0.717) is 17.9 Å². The number of nitriles is 1. The number of benzene rings is 2. The van der Waals surface area contributed by atoms with E-state index in [1.165, 1.54) is 0 Å². The SMILES string of the molecule is COc1ccccc1CNC(=O)COc1ccccc1C#N. The Hall–Kier alpha value is -3.00. The Balaban J connectivity index is 1.87. The first-order chi connectivity index (χ1) is 10.7. The molecule has 5 heteroatoms. The maximum Gasteiger partial charge on any atom is 0.258 e. The van der Waals surface area contributed by atoms with E-state index in [0.717, 1.165) is 11.3 Å². The number of amides is 1. The first kappa shape index (κ1) is 15.4. The van der Waals surface area contributed by atoms with Gasteiger partial charge in [-0.15, -0.1) is 0 Å². The van der Waals surface area contributed by atoms with Gasteiger partial charge in [-0.25, -0.2) is 0 Å². The predicted octanol–water partition coefficient (Wildman–Crippen LogP) is 2.26. The monoisotopic (exact) mass is 296 g/mol. The molecule has 2 aromatic rings. The Morgan fingerprint density at radius 2 is 1.82 bits per heavy atom. The molecule has 0 radical (unpaired) electrons. The number of rotatable bonds is 6. The summed E-state index contributed by atoms with van der Waals surface area (Å²) in [7, 11) is 1.59. The van der Waals surface area contributed by atoms with Crippen LogP contribution in [0.3, 0.4) is 0 Å². The van der Waals surface area contributed by atoms with Gasteiger partial charge in [0, 0.05) is 12.1 Å². The van der Waals surface area contributed by atoms with E-state index < -0.39 is 0 Å². The van der Waals surface area contributed by atoms with Crippen LogP contribution < -0.4 is 14.8 Å². The summed E-state index contributed by atoms with van der Waals surface area (Å²) in [6.07, 6.45) is 0. The normalized spacial score (nSPS) is 9.64. The molecule has 0 heterocycles. The van der Waals surface area contributed by atoms with Gasteiger partial charge in [-0.3, -0.25) is 4.79 Å². The lowest BCUT2D eigenvalue weighted by Gasteiger charge is -2.10. The van der Waals surface area contributed by atoms with Gasteiger partial charge in [-0.05, 0) is 18.2 Å². The molecule has 2 rings (SSSR count). The Labute approximate surface area is 129 Å². The third kappa shape index (κ3) is 4.00. The van der Waals surface area contributed by atoms with Gasteiger partial charge < -0.3 is 14.8 Å². The Bertz CT molecular complexity index is 692. The Kier molecular flexibility index (Phi) is 5.38.